The van der Waals surface area contributed by atoms with E-state index >= 15 is 0 Å². The number of aryl methyl sites for hydroxylation is 4. The molecule has 1 fully saturated rings. The highest BCUT2D eigenvalue weighted by Gasteiger charge is 2.29. The summed E-state index contributed by atoms with van der Waals surface area (Å²) in [6.45, 7) is 10.6. The van der Waals surface area contributed by atoms with Crippen LogP contribution >= 0.6 is 0 Å². The zero-order valence-electron chi connectivity index (χ0n) is 16.7. The molecule has 0 N–H and O–H groups in total. The SMILES string of the molecule is COc1ccc(S(=O)(=O)N2CCN(c3c(C)cc(C)cc3C)CC2)cc1C. The maximum Gasteiger partial charge on any atom is 0.243 e. The number of nitrogens with zero attached hydrogens (tertiary/aromatic N) is 2. The lowest BCUT2D eigenvalue weighted by atomic mass is 10.0. The van der Waals surface area contributed by atoms with Crippen LogP contribution in [0.1, 0.15) is 22.3 Å². The Morgan fingerprint density at radius 2 is 1.44 bits per heavy atom. The maximum atomic E-state index is 13.0. The first kappa shape index (κ1) is 19.7. The molecule has 0 aliphatic carbocycles. The number of hydrogen-bond acceptors (Lipinski definition) is 4. The Kier molecular flexibility index (Phi) is 5.49. The van der Waals surface area contributed by atoms with Gasteiger partial charge < -0.3 is 9.64 Å². The Labute approximate surface area is 162 Å². The van der Waals surface area contributed by atoms with Gasteiger partial charge in [0.05, 0.1) is 12.0 Å². The van der Waals surface area contributed by atoms with E-state index in [0.29, 0.717) is 36.8 Å². The molecular weight excluding hydrogens is 360 g/mol. The van der Waals surface area contributed by atoms with E-state index in [0.717, 1.165) is 5.56 Å². The van der Waals surface area contributed by atoms with Crippen LogP contribution in [0.25, 0.3) is 0 Å². The first-order valence-corrected chi connectivity index (χ1v) is 10.7. The van der Waals surface area contributed by atoms with Gasteiger partial charge in [0.25, 0.3) is 0 Å². The molecule has 0 amide bonds. The van der Waals surface area contributed by atoms with Gasteiger partial charge in [-0.25, -0.2) is 8.42 Å². The van der Waals surface area contributed by atoms with E-state index < -0.39 is 10.0 Å². The van der Waals surface area contributed by atoms with Crippen molar-refractivity contribution < 1.29 is 13.2 Å². The predicted molar refractivity (Wildman–Crippen MR) is 109 cm³/mol. The summed E-state index contributed by atoms with van der Waals surface area (Å²) in [7, 11) is -1.90. The molecule has 3 rings (SSSR count). The van der Waals surface area contributed by atoms with E-state index in [9.17, 15) is 8.42 Å². The van der Waals surface area contributed by atoms with E-state index in [2.05, 4.69) is 37.8 Å². The van der Waals surface area contributed by atoms with E-state index in [1.165, 1.54) is 22.4 Å². The molecule has 0 bridgehead atoms. The zero-order chi connectivity index (χ0) is 19.8. The van der Waals surface area contributed by atoms with Crippen LogP contribution < -0.4 is 9.64 Å². The monoisotopic (exact) mass is 388 g/mol. The fourth-order valence-electron chi connectivity index (χ4n) is 3.98. The molecule has 0 aromatic heterocycles. The van der Waals surface area contributed by atoms with Gasteiger partial charge in [0.15, 0.2) is 0 Å². The molecular formula is C21H28N2O3S. The van der Waals surface area contributed by atoms with Crippen molar-refractivity contribution in [3.05, 3.63) is 52.6 Å². The van der Waals surface area contributed by atoms with E-state index in [-0.39, 0.29) is 0 Å². The molecule has 1 aliphatic rings. The molecule has 0 radical (unpaired) electrons. The smallest absolute Gasteiger partial charge is 0.243 e. The number of methoxy groups -OCH3 is 1. The van der Waals surface area contributed by atoms with Gasteiger partial charge in [0, 0.05) is 31.9 Å². The summed E-state index contributed by atoms with van der Waals surface area (Å²) in [5, 5.41) is 0. The van der Waals surface area contributed by atoms with Crippen molar-refractivity contribution >= 4 is 15.7 Å². The van der Waals surface area contributed by atoms with Crippen molar-refractivity contribution in [2.45, 2.75) is 32.6 Å². The lowest BCUT2D eigenvalue weighted by molar-refractivity contribution is 0.384. The summed E-state index contributed by atoms with van der Waals surface area (Å²) in [6, 6.07) is 9.41. The summed E-state index contributed by atoms with van der Waals surface area (Å²) in [4.78, 5) is 2.63. The lowest BCUT2D eigenvalue weighted by Gasteiger charge is -2.37. The van der Waals surface area contributed by atoms with Crippen LogP contribution in [0, 0.1) is 27.7 Å². The minimum atomic E-state index is -3.49. The average molecular weight is 389 g/mol. The van der Waals surface area contributed by atoms with Crippen LogP contribution in [0.5, 0.6) is 5.75 Å². The van der Waals surface area contributed by atoms with Gasteiger partial charge in [-0.3, -0.25) is 0 Å². The number of hydrogen-bond donors (Lipinski definition) is 0. The highest BCUT2D eigenvalue weighted by atomic mass is 32.2. The standard InChI is InChI=1S/C21H28N2O3S/c1-15-12-17(3)21(18(4)13-15)22-8-10-23(11-9-22)27(24,25)19-6-7-20(26-5)16(2)14-19/h6-7,12-14H,8-11H2,1-5H3. The van der Waals surface area contributed by atoms with Crippen LogP contribution in [0.15, 0.2) is 35.2 Å². The minimum Gasteiger partial charge on any atom is -0.496 e. The number of sulfonamides is 1. The summed E-state index contributed by atoms with van der Waals surface area (Å²) in [5.74, 6) is 0.698. The van der Waals surface area contributed by atoms with Crippen LogP contribution in [-0.4, -0.2) is 46.0 Å². The zero-order valence-corrected chi connectivity index (χ0v) is 17.6. The van der Waals surface area contributed by atoms with Crippen LogP contribution in [0.2, 0.25) is 0 Å². The van der Waals surface area contributed by atoms with Gasteiger partial charge in [0.1, 0.15) is 5.75 Å². The van der Waals surface area contributed by atoms with Crippen molar-refractivity contribution in [1.29, 1.82) is 0 Å². The molecule has 0 saturated carbocycles. The highest BCUT2D eigenvalue weighted by Crippen LogP contribution is 2.29. The Morgan fingerprint density at radius 3 is 1.96 bits per heavy atom. The van der Waals surface area contributed by atoms with Crippen molar-refractivity contribution in [3.63, 3.8) is 0 Å². The Hall–Kier alpha value is -2.05. The number of rotatable bonds is 4. The van der Waals surface area contributed by atoms with Crippen molar-refractivity contribution in [2.24, 2.45) is 0 Å². The average Bonchev–Trinajstić information content (AvgIpc) is 2.61. The molecule has 2 aromatic carbocycles. The molecule has 5 nitrogen and oxygen atoms in total. The maximum absolute atomic E-state index is 13.0. The van der Waals surface area contributed by atoms with Crippen LogP contribution in [-0.2, 0) is 10.0 Å². The minimum absolute atomic E-state index is 0.331. The molecule has 6 heteroatoms. The van der Waals surface area contributed by atoms with Crippen molar-refractivity contribution in [2.75, 3.05) is 38.2 Å². The Balaban J connectivity index is 1.78. The first-order valence-electron chi connectivity index (χ1n) is 9.21. The fourth-order valence-corrected chi connectivity index (χ4v) is 5.49. The van der Waals surface area contributed by atoms with E-state index in [4.69, 9.17) is 4.74 Å². The third-order valence-electron chi connectivity index (χ3n) is 5.19. The van der Waals surface area contributed by atoms with Crippen molar-refractivity contribution in [1.82, 2.24) is 4.31 Å². The normalized spacial score (nSPS) is 15.8. The molecule has 1 aliphatic heterocycles. The van der Waals surface area contributed by atoms with E-state index in [1.54, 1.807) is 29.6 Å². The van der Waals surface area contributed by atoms with Gasteiger partial charge >= 0.3 is 0 Å². The topological polar surface area (TPSA) is 49.9 Å². The Bertz CT molecular complexity index is 923. The molecule has 0 spiro atoms. The molecule has 1 saturated heterocycles. The van der Waals surface area contributed by atoms with E-state index in [1.807, 2.05) is 6.92 Å². The quantitative estimate of drug-likeness (QED) is 0.805. The van der Waals surface area contributed by atoms with Gasteiger partial charge in [0.2, 0.25) is 10.0 Å². The molecule has 0 atom stereocenters. The lowest BCUT2D eigenvalue weighted by Crippen LogP contribution is -2.49. The molecule has 146 valence electrons. The highest BCUT2D eigenvalue weighted by molar-refractivity contribution is 7.89. The number of piperazine rings is 1. The Morgan fingerprint density at radius 1 is 0.852 bits per heavy atom. The molecule has 1 heterocycles. The second-order valence-corrected chi connectivity index (χ2v) is 9.21. The van der Waals surface area contributed by atoms with Gasteiger partial charge in [-0.05, 0) is 62.6 Å². The number of ether oxygens (including phenoxy) is 1. The molecule has 2 aromatic rings. The van der Waals surface area contributed by atoms with Crippen molar-refractivity contribution in [3.8, 4) is 5.75 Å². The summed E-state index contributed by atoms with van der Waals surface area (Å²) in [5.41, 5.74) is 5.80. The summed E-state index contributed by atoms with van der Waals surface area (Å²) in [6.07, 6.45) is 0. The van der Waals surface area contributed by atoms with Crippen LogP contribution in [0.3, 0.4) is 0 Å². The third kappa shape index (κ3) is 3.82. The predicted octanol–water partition coefficient (Wildman–Crippen LogP) is 3.44. The molecule has 0 unspecified atom stereocenters. The third-order valence-corrected chi connectivity index (χ3v) is 7.09. The van der Waals surface area contributed by atoms with Gasteiger partial charge in [-0.15, -0.1) is 0 Å². The molecule has 27 heavy (non-hydrogen) atoms. The first-order chi connectivity index (χ1) is 12.7. The van der Waals surface area contributed by atoms with Gasteiger partial charge in [-0.2, -0.15) is 4.31 Å². The van der Waals surface area contributed by atoms with Gasteiger partial charge in [-0.1, -0.05) is 17.7 Å². The number of benzene rings is 2. The van der Waals surface area contributed by atoms with Crippen LogP contribution in [0.4, 0.5) is 5.69 Å². The second kappa shape index (κ2) is 7.52. The number of anilines is 1. The fraction of sp³-hybridized carbons (Fsp3) is 0.429. The summed E-state index contributed by atoms with van der Waals surface area (Å²) < 4.78 is 32.9. The second-order valence-electron chi connectivity index (χ2n) is 7.27. The summed E-state index contributed by atoms with van der Waals surface area (Å²) >= 11 is 0. The largest absolute Gasteiger partial charge is 0.496 e.